The third kappa shape index (κ3) is 2.24. The fraction of sp³-hybridized carbons (Fsp3) is 0.167. The van der Waals surface area contributed by atoms with E-state index < -0.39 is 10.4 Å². The molecule has 1 aliphatic rings. The second-order valence-corrected chi connectivity index (χ2v) is 4.93. The molecule has 2 nitrogen and oxygen atoms in total. The van der Waals surface area contributed by atoms with E-state index in [1.54, 1.807) is 6.08 Å². The summed E-state index contributed by atoms with van der Waals surface area (Å²) in [6.07, 6.45) is 5.43. The van der Waals surface area contributed by atoms with Gasteiger partial charge >= 0.3 is 0 Å². The Kier molecular flexibility index (Phi) is 2.98. The van der Waals surface area contributed by atoms with Crippen LogP contribution in [0, 0.1) is 0 Å². The normalized spacial score (nSPS) is 28.9. The van der Waals surface area contributed by atoms with Crippen molar-refractivity contribution in [3.05, 3.63) is 48.1 Å². The van der Waals surface area contributed by atoms with Gasteiger partial charge in [-0.2, -0.15) is 0 Å². The predicted molar refractivity (Wildman–Crippen MR) is 70.4 cm³/mol. The second-order valence-electron chi connectivity index (χ2n) is 3.81. The van der Waals surface area contributed by atoms with E-state index in [4.69, 9.17) is 34.7 Å². The lowest BCUT2D eigenvalue weighted by Crippen LogP contribution is -2.40. The highest BCUT2D eigenvalue weighted by molar-refractivity contribution is 6.34. The second kappa shape index (κ2) is 4.13. The molecule has 0 aromatic heterocycles. The largest absolute Gasteiger partial charge is 0.399 e. The Labute approximate surface area is 105 Å². The van der Waals surface area contributed by atoms with Crippen molar-refractivity contribution >= 4 is 34.5 Å². The first-order valence-electron chi connectivity index (χ1n) is 4.88. The van der Waals surface area contributed by atoms with Crippen molar-refractivity contribution < 1.29 is 0 Å². The van der Waals surface area contributed by atoms with Crippen LogP contribution in [0.2, 0.25) is 0 Å². The number of hydrogen-bond acceptors (Lipinski definition) is 2. The average molecular weight is 255 g/mol. The molecule has 2 atom stereocenters. The van der Waals surface area contributed by atoms with E-state index in [1.807, 2.05) is 36.4 Å². The standard InChI is InChI=1S/C12H12Cl2N2/c13-11-7-9(5-6-12(11,14)16)8-1-3-10(15)4-2-8/h1-7,11H,15-16H2. The molecule has 4 heteroatoms. The zero-order valence-electron chi connectivity index (χ0n) is 8.53. The fourth-order valence-corrected chi connectivity index (χ4v) is 1.85. The van der Waals surface area contributed by atoms with Crippen LogP contribution in [-0.4, -0.2) is 10.4 Å². The third-order valence-corrected chi connectivity index (χ3v) is 3.47. The summed E-state index contributed by atoms with van der Waals surface area (Å²) in [5.74, 6) is 0. The SMILES string of the molecule is Nc1ccc(C2=CC(Cl)C(N)(Cl)C=C2)cc1. The van der Waals surface area contributed by atoms with Gasteiger partial charge in [0.25, 0.3) is 0 Å². The molecule has 0 bridgehead atoms. The summed E-state index contributed by atoms with van der Waals surface area (Å²) in [4.78, 5) is -1.00. The van der Waals surface area contributed by atoms with Crippen molar-refractivity contribution in [2.45, 2.75) is 10.4 Å². The molecule has 0 radical (unpaired) electrons. The van der Waals surface area contributed by atoms with Gasteiger partial charge in [0.05, 0.1) is 5.38 Å². The molecule has 84 valence electrons. The highest BCUT2D eigenvalue weighted by Crippen LogP contribution is 2.31. The Morgan fingerprint density at radius 3 is 2.38 bits per heavy atom. The minimum absolute atomic E-state index is 0.424. The Morgan fingerprint density at radius 1 is 1.19 bits per heavy atom. The minimum Gasteiger partial charge on any atom is -0.399 e. The maximum atomic E-state index is 6.07. The van der Waals surface area contributed by atoms with Crippen molar-refractivity contribution in [3.8, 4) is 0 Å². The highest BCUT2D eigenvalue weighted by atomic mass is 35.5. The number of halogens is 2. The third-order valence-electron chi connectivity index (χ3n) is 2.51. The lowest BCUT2D eigenvalue weighted by atomic mass is 9.97. The van der Waals surface area contributed by atoms with Gasteiger partial charge in [-0.3, -0.25) is 0 Å². The number of anilines is 1. The Bertz CT molecular complexity index is 447. The molecule has 0 heterocycles. The van der Waals surface area contributed by atoms with Crippen LogP contribution in [0.25, 0.3) is 5.57 Å². The zero-order chi connectivity index (χ0) is 11.8. The van der Waals surface area contributed by atoms with Gasteiger partial charge in [0, 0.05) is 5.69 Å². The predicted octanol–water partition coefficient (Wildman–Crippen LogP) is 2.72. The van der Waals surface area contributed by atoms with Crippen LogP contribution < -0.4 is 11.5 Å². The van der Waals surface area contributed by atoms with Gasteiger partial charge in [0.1, 0.15) is 5.00 Å². The first-order chi connectivity index (χ1) is 7.49. The Morgan fingerprint density at radius 2 is 1.81 bits per heavy atom. The smallest absolute Gasteiger partial charge is 0.130 e. The molecule has 4 N–H and O–H groups in total. The summed E-state index contributed by atoms with van der Waals surface area (Å²) in [5, 5.41) is -0.424. The molecule has 0 amide bonds. The van der Waals surface area contributed by atoms with Gasteiger partial charge in [-0.15, -0.1) is 11.6 Å². The van der Waals surface area contributed by atoms with E-state index in [1.165, 1.54) is 0 Å². The minimum atomic E-state index is -1.00. The summed E-state index contributed by atoms with van der Waals surface area (Å²) in [6.45, 7) is 0. The highest BCUT2D eigenvalue weighted by Gasteiger charge is 2.29. The van der Waals surface area contributed by atoms with E-state index in [9.17, 15) is 0 Å². The van der Waals surface area contributed by atoms with Crippen molar-refractivity contribution in [1.29, 1.82) is 0 Å². The Hall–Kier alpha value is -0.960. The number of hydrogen-bond donors (Lipinski definition) is 2. The molecule has 0 spiro atoms. The van der Waals surface area contributed by atoms with Gasteiger partial charge in [-0.05, 0) is 29.3 Å². The van der Waals surface area contributed by atoms with Crippen LogP contribution >= 0.6 is 23.2 Å². The summed E-state index contributed by atoms with van der Waals surface area (Å²) in [6, 6.07) is 7.57. The van der Waals surface area contributed by atoms with Gasteiger partial charge in [-0.1, -0.05) is 35.9 Å². The summed E-state index contributed by atoms with van der Waals surface area (Å²) in [5.41, 5.74) is 14.2. The van der Waals surface area contributed by atoms with Crippen molar-refractivity contribution in [2.75, 3.05) is 5.73 Å². The van der Waals surface area contributed by atoms with E-state index in [2.05, 4.69) is 0 Å². The molecule has 2 unspecified atom stereocenters. The molecule has 1 aliphatic carbocycles. The molecular formula is C12H12Cl2N2. The summed E-state index contributed by atoms with van der Waals surface area (Å²) in [7, 11) is 0. The van der Waals surface area contributed by atoms with E-state index >= 15 is 0 Å². The maximum Gasteiger partial charge on any atom is 0.130 e. The van der Waals surface area contributed by atoms with Crippen LogP contribution in [-0.2, 0) is 0 Å². The van der Waals surface area contributed by atoms with Crippen LogP contribution in [0.4, 0.5) is 5.69 Å². The molecular weight excluding hydrogens is 243 g/mol. The fourth-order valence-electron chi connectivity index (χ4n) is 1.52. The van der Waals surface area contributed by atoms with Crippen LogP contribution in [0.15, 0.2) is 42.5 Å². The average Bonchev–Trinajstić information content (AvgIpc) is 2.24. The number of alkyl halides is 2. The van der Waals surface area contributed by atoms with E-state index in [0.717, 1.165) is 16.8 Å². The molecule has 0 fully saturated rings. The summed E-state index contributed by atoms with van der Waals surface area (Å²) < 4.78 is 0. The molecule has 0 aliphatic heterocycles. The molecule has 0 saturated heterocycles. The van der Waals surface area contributed by atoms with Crippen molar-refractivity contribution in [2.24, 2.45) is 5.73 Å². The van der Waals surface area contributed by atoms with Gasteiger partial charge < -0.3 is 11.5 Å². The summed E-state index contributed by atoms with van der Waals surface area (Å²) >= 11 is 12.1. The number of rotatable bonds is 1. The molecule has 0 saturated carbocycles. The lowest BCUT2D eigenvalue weighted by molar-refractivity contribution is 0.752. The van der Waals surface area contributed by atoms with E-state index in [-0.39, 0.29) is 0 Å². The quantitative estimate of drug-likeness (QED) is 0.460. The maximum absolute atomic E-state index is 6.07. The Balaban J connectivity index is 2.31. The number of nitrogens with two attached hydrogens (primary N) is 2. The monoisotopic (exact) mass is 254 g/mol. The molecule has 16 heavy (non-hydrogen) atoms. The van der Waals surface area contributed by atoms with Crippen molar-refractivity contribution in [1.82, 2.24) is 0 Å². The number of benzene rings is 1. The van der Waals surface area contributed by atoms with E-state index in [0.29, 0.717) is 0 Å². The topological polar surface area (TPSA) is 52.0 Å². The molecule has 1 aromatic carbocycles. The van der Waals surface area contributed by atoms with Crippen LogP contribution in [0.5, 0.6) is 0 Å². The lowest BCUT2D eigenvalue weighted by Gasteiger charge is -2.25. The van der Waals surface area contributed by atoms with Crippen molar-refractivity contribution in [3.63, 3.8) is 0 Å². The number of allylic oxidation sites excluding steroid dienone is 2. The first-order valence-corrected chi connectivity index (χ1v) is 5.69. The molecule has 1 aromatic rings. The zero-order valence-corrected chi connectivity index (χ0v) is 10.0. The molecule has 2 rings (SSSR count). The van der Waals surface area contributed by atoms with Crippen LogP contribution in [0.1, 0.15) is 5.56 Å². The van der Waals surface area contributed by atoms with Gasteiger partial charge in [-0.25, -0.2) is 0 Å². The van der Waals surface area contributed by atoms with Crippen LogP contribution in [0.3, 0.4) is 0 Å². The number of nitrogen functional groups attached to an aromatic ring is 1. The van der Waals surface area contributed by atoms with Gasteiger partial charge in [0.2, 0.25) is 0 Å². The first kappa shape index (κ1) is 11.5. The van der Waals surface area contributed by atoms with Gasteiger partial charge in [0.15, 0.2) is 0 Å².